The number of nitrogens with one attached hydrogen (secondary N) is 1. The van der Waals surface area contributed by atoms with E-state index in [0.29, 0.717) is 11.8 Å². The first kappa shape index (κ1) is 13.5. The van der Waals surface area contributed by atoms with Crippen molar-refractivity contribution >= 4 is 0 Å². The minimum atomic E-state index is 0.220. The summed E-state index contributed by atoms with van der Waals surface area (Å²) in [5.74, 6) is 1.60. The number of hydrogen-bond acceptors (Lipinski definition) is 4. The fraction of sp³-hybridized carbons (Fsp3) is 0.412. The van der Waals surface area contributed by atoms with Crippen LogP contribution in [0.25, 0.3) is 0 Å². The van der Waals surface area contributed by atoms with Crippen molar-refractivity contribution in [2.24, 2.45) is 0 Å². The summed E-state index contributed by atoms with van der Waals surface area (Å²) in [5, 5.41) is 10.1. The Morgan fingerprint density at radius 1 is 1.18 bits per heavy atom. The van der Waals surface area contributed by atoms with Crippen molar-refractivity contribution in [3.8, 4) is 17.4 Å². The molecule has 0 unspecified atom stereocenters. The van der Waals surface area contributed by atoms with Gasteiger partial charge in [0.05, 0.1) is 14.2 Å². The number of benzene rings is 1. The van der Waals surface area contributed by atoms with Crippen LogP contribution in [-0.4, -0.2) is 35.8 Å². The topological polar surface area (TPSA) is 57.7 Å². The van der Waals surface area contributed by atoms with Crippen LogP contribution in [0.1, 0.15) is 28.4 Å². The van der Waals surface area contributed by atoms with Crippen LogP contribution in [0.5, 0.6) is 17.4 Å². The molecular weight excluding hydrogens is 280 g/mol. The molecular formula is C17H20N2O3. The van der Waals surface area contributed by atoms with Crippen LogP contribution in [0.3, 0.4) is 0 Å². The third kappa shape index (κ3) is 1.96. The molecule has 0 fully saturated rings. The molecule has 116 valence electrons. The van der Waals surface area contributed by atoms with Gasteiger partial charge in [-0.05, 0) is 35.2 Å². The van der Waals surface area contributed by atoms with E-state index in [9.17, 15) is 5.11 Å². The summed E-state index contributed by atoms with van der Waals surface area (Å²) >= 11 is 0. The largest absolute Gasteiger partial charge is 0.504 e. The van der Waals surface area contributed by atoms with Gasteiger partial charge in [-0.1, -0.05) is 0 Å². The highest BCUT2D eigenvalue weighted by molar-refractivity contribution is 5.49. The van der Waals surface area contributed by atoms with E-state index in [2.05, 4.69) is 16.0 Å². The molecule has 2 aromatic rings. The monoisotopic (exact) mass is 300 g/mol. The lowest BCUT2D eigenvalue weighted by molar-refractivity contribution is 0.159. The number of nitrogens with zero attached hydrogens (tertiary/aromatic N) is 1. The Kier molecular flexibility index (Phi) is 3.04. The summed E-state index contributed by atoms with van der Waals surface area (Å²) < 4.78 is 10.5. The van der Waals surface area contributed by atoms with Gasteiger partial charge in [0.25, 0.3) is 0 Å². The van der Waals surface area contributed by atoms with Crippen molar-refractivity contribution in [3.05, 3.63) is 40.6 Å². The van der Waals surface area contributed by atoms with E-state index in [1.54, 1.807) is 14.2 Å². The molecule has 0 aliphatic carbocycles. The van der Waals surface area contributed by atoms with Crippen LogP contribution in [0.4, 0.5) is 0 Å². The molecule has 2 N–H and O–H groups in total. The second kappa shape index (κ2) is 4.95. The molecule has 0 saturated heterocycles. The van der Waals surface area contributed by atoms with Crippen molar-refractivity contribution in [3.63, 3.8) is 0 Å². The number of phenolic OH excluding ortho intramolecular Hbond substituents is 1. The lowest BCUT2D eigenvalue weighted by atomic mass is 9.86. The highest BCUT2D eigenvalue weighted by Crippen LogP contribution is 2.42. The molecule has 2 aliphatic heterocycles. The van der Waals surface area contributed by atoms with Crippen LogP contribution in [0.2, 0.25) is 0 Å². The number of phenols is 1. The van der Waals surface area contributed by atoms with Gasteiger partial charge in [0.1, 0.15) is 0 Å². The number of ether oxygens (including phenoxy) is 2. The van der Waals surface area contributed by atoms with Crippen molar-refractivity contribution in [2.75, 3.05) is 20.8 Å². The van der Waals surface area contributed by atoms with Crippen molar-refractivity contribution in [2.45, 2.75) is 25.4 Å². The van der Waals surface area contributed by atoms with E-state index < -0.39 is 0 Å². The molecule has 0 bridgehead atoms. The third-order valence-electron chi connectivity index (χ3n) is 4.87. The predicted molar refractivity (Wildman–Crippen MR) is 82.6 cm³/mol. The summed E-state index contributed by atoms with van der Waals surface area (Å²) in [4.78, 5) is 5.82. The molecule has 5 nitrogen and oxygen atoms in total. The van der Waals surface area contributed by atoms with Gasteiger partial charge in [0.2, 0.25) is 0 Å². The first-order chi connectivity index (χ1) is 10.7. The maximum atomic E-state index is 10.1. The molecule has 1 aromatic carbocycles. The van der Waals surface area contributed by atoms with E-state index in [1.165, 1.54) is 22.4 Å². The molecule has 2 aliphatic rings. The van der Waals surface area contributed by atoms with Crippen molar-refractivity contribution in [1.29, 1.82) is 0 Å². The van der Waals surface area contributed by atoms with Crippen molar-refractivity contribution in [1.82, 2.24) is 9.88 Å². The zero-order chi connectivity index (χ0) is 15.3. The van der Waals surface area contributed by atoms with Crippen molar-refractivity contribution < 1.29 is 14.6 Å². The third-order valence-corrected chi connectivity index (χ3v) is 4.87. The zero-order valence-corrected chi connectivity index (χ0v) is 12.8. The van der Waals surface area contributed by atoms with Gasteiger partial charge in [0, 0.05) is 37.3 Å². The minimum absolute atomic E-state index is 0.220. The summed E-state index contributed by atoms with van der Waals surface area (Å²) in [6, 6.07) is 6.24. The maximum Gasteiger partial charge on any atom is 0.190 e. The van der Waals surface area contributed by atoms with Crippen LogP contribution in [-0.2, 0) is 19.4 Å². The molecule has 0 spiro atoms. The van der Waals surface area contributed by atoms with E-state index in [4.69, 9.17) is 9.47 Å². The fourth-order valence-corrected chi connectivity index (χ4v) is 3.72. The Morgan fingerprint density at radius 3 is 2.82 bits per heavy atom. The zero-order valence-electron chi connectivity index (χ0n) is 12.8. The normalized spacial score (nSPS) is 20.0. The number of aromatic hydroxyl groups is 1. The highest BCUT2D eigenvalue weighted by Gasteiger charge is 2.33. The van der Waals surface area contributed by atoms with Gasteiger partial charge in [-0.25, -0.2) is 0 Å². The molecule has 1 atom stereocenters. The SMILES string of the molecule is COc1cc2c([nH]1)C[C@H]1c3cc(O)c(OC)cc3CCN1C2. The van der Waals surface area contributed by atoms with Crippen LogP contribution >= 0.6 is 0 Å². The number of rotatable bonds is 2. The molecule has 22 heavy (non-hydrogen) atoms. The Bertz CT molecular complexity index is 723. The summed E-state index contributed by atoms with van der Waals surface area (Å²) in [5.41, 5.74) is 5.04. The molecule has 1 aromatic heterocycles. The molecule has 5 heteroatoms. The van der Waals surface area contributed by atoms with Gasteiger partial charge in [-0.2, -0.15) is 0 Å². The van der Waals surface area contributed by atoms with Gasteiger partial charge >= 0.3 is 0 Å². The Labute approximate surface area is 129 Å². The van der Waals surface area contributed by atoms with Gasteiger partial charge in [-0.3, -0.25) is 4.90 Å². The Morgan fingerprint density at radius 2 is 2.05 bits per heavy atom. The first-order valence-corrected chi connectivity index (χ1v) is 7.58. The number of H-pyrrole nitrogens is 1. The second-order valence-corrected chi connectivity index (χ2v) is 6.00. The molecule has 4 rings (SSSR count). The van der Waals surface area contributed by atoms with Gasteiger partial charge in [-0.15, -0.1) is 0 Å². The Balaban J connectivity index is 1.74. The molecule has 0 radical (unpaired) electrons. The summed E-state index contributed by atoms with van der Waals surface area (Å²) in [7, 11) is 3.28. The van der Waals surface area contributed by atoms with E-state index in [1.807, 2.05) is 12.1 Å². The number of aromatic nitrogens is 1. The van der Waals surface area contributed by atoms with E-state index in [-0.39, 0.29) is 5.75 Å². The molecule has 0 amide bonds. The van der Waals surface area contributed by atoms with Crippen LogP contribution in [0, 0.1) is 0 Å². The Hall–Kier alpha value is -2.14. The van der Waals surface area contributed by atoms with Crippen LogP contribution < -0.4 is 9.47 Å². The maximum absolute atomic E-state index is 10.1. The standard InChI is InChI=1S/C17H20N2O3/c1-21-16-5-10-3-4-19-9-11-6-17(22-2)18-13(11)8-14(19)12(10)7-15(16)20/h5-7,14,18,20H,3-4,8-9H2,1-2H3/t14-/m0/s1. The lowest BCUT2D eigenvalue weighted by Gasteiger charge is -2.40. The highest BCUT2D eigenvalue weighted by atomic mass is 16.5. The predicted octanol–water partition coefficient (Wildman–Crippen LogP) is 2.39. The summed E-state index contributed by atoms with van der Waals surface area (Å²) in [6.45, 7) is 1.95. The van der Waals surface area contributed by atoms with Gasteiger partial charge < -0.3 is 19.6 Å². The van der Waals surface area contributed by atoms with E-state index in [0.717, 1.165) is 31.8 Å². The van der Waals surface area contributed by atoms with Gasteiger partial charge in [0.15, 0.2) is 17.4 Å². The van der Waals surface area contributed by atoms with E-state index >= 15 is 0 Å². The smallest absolute Gasteiger partial charge is 0.190 e. The lowest BCUT2D eigenvalue weighted by Crippen LogP contribution is -2.39. The average molecular weight is 300 g/mol. The second-order valence-electron chi connectivity index (χ2n) is 6.00. The quantitative estimate of drug-likeness (QED) is 0.894. The minimum Gasteiger partial charge on any atom is -0.504 e. The molecule has 3 heterocycles. The number of hydrogen-bond donors (Lipinski definition) is 2. The van der Waals surface area contributed by atoms with Crippen LogP contribution in [0.15, 0.2) is 18.2 Å². The average Bonchev–Trinajstić information content (AvgIpc) is 2.94. The number of methoxy groups -OCH3 is 2. The summed E-state index contributed by atoms with van der Waals surface area (Å²) in [6.07, 6.45) is 1.90. The number of aromatic amines is 1. The number of fused-ring (bicyclic) bond motifs is 4. The molecule has 0 saturated carbocycles. The fourth-order valence-electron chi connectivity index (χ4n) is 3.72. The first-order valence-electron chi connectivity index (χ1n) is 7.58.